The third-order valence-corrected chi connectivity index (χ3v) is 4.43. The normalized spacial score (nSPS) is 16.3. The maximum atomic E-state index is 11.1. The second-order valence-electron chi connectivity index (χ2n) is 4.48. The number of carbonyl (C=O) groups excluding carboxylic acids is 1. The second kappa shape index (κ2) is 4.13. The molecule has 0 aromatic heterocycles. The summed E-state index contributed by atoms with van der Waals surface area (Å²) in [5, 5.41) is 1.36. The summed E-state index contributed by atoms with van der Waals surface area (Å²) in [5.41, 5.74) is 1.07. The van der Waals surface area contributed by atoms with Crippen molar-refractivity contribution in [2.75, 3.05) is 7.11 Å². The molecule has 0 heterocycles. The van der Waals surface area contributed by atoms with Gasteiger partial charge in [0.15, 0.2) is 0 Å². The van der Waals surface area contributed by atoms with Gasteiger partial charge in [-0.3, -0.25) is 4.79 Å². The molecule has 0 unspecified atom stereocenters. The summed E-state index contributed by atoms with van der Waals surface area (Å²) in [5.74, 6) is -0.168. The van der Waals surface area contributed by atoms with Crippen LogP contribution in [0.15, 0.2) is 16.8 Å². The minimum absolute atomic E-state index is 0.168. The van der Waals surface area contributed by atoms with E-state index < -0.39 is 8.07 Å². The zero-order valence-corrected chi connectivity index (χ0v) is 10.3. The van der Waals surface area contributed by atoms with Crippen LogP contribution in [0.5, 0.6) is 0 Å². The van der Waals surface area contributed by atoms with Gasteiger partial charge in [0.05, 0.1) is 21.6 Å². The molecular formula is C11H17O2Si. The molecule has 0 atom stereocenters. The van der Waals surface area contributed by atoms with Crippen LogP contribution >= 0.6 is 0 Å². The quantitative estimate of drug-likeness (QED) is 0.527. The van der Waals surface area contributed by atoms with Crippen molar-refractivity contribution >= 4 is 14.0 Å². The van der Waals surface area contributed by atoms with E-state index in [-0.39, 0.29) is 5.97 Å². The lowest BCUT2D eigenvalue weighted by atomic mass is 10.2. The fourth-order valence-corrected chi connectivity index (χ4v) is 3.42. The molecule has 3 heteroatoms. The predicted molar refractivity (Wildman–Crippen MR) is 59.4 cm³/mol. The lowest BCUT2D eigenvalue weighted by molar-refractivity contribution is -0.139. The van der Waals surface area contributed by atoms with Gasteiger partial charge in [-0.25, -0.2) is 0 Å². The molecule has 0 N–H and O–H groups in total. The van der Waals surface area contributed by atoms with Crippen molar-refractivity contribution in [3.05, 3.63) is 22.9 Å². The molecule has 2 nitrogen and oxygen atoms in total. The van der Waals surface area contributed by atoms with Gasteiger partial charge in [0, 0.05) is 0 Å². The van der Waals surface area contributed by atoms with Crippen LogP contribution in [0, 0.1) is 6.08 Å². The van der Waals surface area contributed by atoms with Gasteiger partial charge in [0.1, 0.15) is 0 Å². The summed E-state index contributed by atoms with van der Waals surface area (Å²) in [4.78, 5) is 11.1. The molecule has 77 valence electrons. The molecule has 0 aromatic rings. The Balaban J connectivity index is 2.73. The molecule has 1 rings (SSSR count). The predicted octanol–water partition coefficient (Wildman–Crippen LogP) is 2.49. The largest absolute Gasteiger partial charge is 0.469 e. The first kappa shape index (κ1) is 11.2. The van der Waals surface area contributed by atoms with Crippen molar-refractivity contribution in [2.45, 2.75) is 32.5 Å². The van der Waals surface area contributed by atoms with E-state index in [1.165, 1.54) is 12.3 Å². The van der Waals surface area contributed by atoms with Crippen LogP contribution in [-0.2, 0) is 9.53 Å². The number of allylic oxidation sites excluding steroid dienone is 3. The van der Waals surface area contributed by atoms with E-state index in [9.17, 15) is 4.79 Å². The number of hydrogen-bond acceptors (Lipinski definition) is 2. The Morgan fingerprint density at radius 3 is 2.71 bits per heavy atom. The van der Waals surface area contributed by atoms with Crippen LogP contribution in [0.2, 0.25) is 19.6 Å². The molecule has 0 amide bonds. The fourth-order valence-electron chi connectivity index (χ4n) is 1.63. The number of ether oxygens (including phenoxy) is 1. The molecule has 0 aromatic carbocycles. The van der Waals surface area contributed by atoms with Gasteiger partial charge in [-0.2, -0.15) is 0 Å². The summed E-state index contributed by atoms with van der Waals surface area (Å²) < 4.78 is 4.66. The van der Waals surface area contributed by atoms with Gasteiger partial charge in [0.2, 0.25) is 0 Å². The minimum Gasteiger partial charge on any atom is -0.469 e. The van der Waals surface area contributed by atoms with Crippen LogP contribution in [0.4, 0.5) is 0 Å². The van der Waals surface area contributed by atoms with Gasteiger partial charge < -0.3 is 4.74 Å². The van der Waals surface area contributed by atoms with E-state index in [0.29, 0.717) is 6.42 Å². The average Bonchev–Trinajstić information content (AvgIpc) is 2.51. The van der Waals surface area contributed by atoms with E-state index in [2.05, 4.69) is 36.5 Å². The summed E-state index contributed by atoms with van der Waals surface area (Å²) in [7, 11) is 0.113. The molecule has 1 radical (unpaired) electrons. The van der Waals surface area contributed by atoms with E-state index >= 15 is 0 Å². The zero-order chi connectivity index (χ0) is 10.8. The molecule has 0 spiro atoms. The van der Waals surface area contributed by atoms with Gasteiger partial charge in [-0.05, 0) is 18.1 Å². The van der Waals surface area contributed by atoms with Crippen LogP contribution in [-0.4, -0.2) is 21.2 Å². The topological polar surface area (TPSA) is 26.3 Å². The van der Waals surface area contributed by atoms with Crippen molar-refractivity contribution in [1.29, 1.82) is 0 Å². The van der Waals surface area contributed by atoms with Crippen LogP contribution < -0.4 is 0 Å². The number of carbonyl (C=O) groups is 1. The minimum atomic E-state index is -1.31. The highest BCUT2D eigenvalue weighted by molar-refractivity contribution is 6.84. The third kappa shape index (κ3) is 2.58. The number of rotatable bonds is 3. The Morgan fingerprint density at radius 1 is 1.57 bits per heavy atom. The Morgan fingerprint density at radius 2 is 2.21 bits per heavy atom. The molecule has 0 saturated carbocycles. The fraction of sp³-hybridized carbons (Fsp3) is 0.545. The van der Waals surface area contributed by atoms with E-state index in [1.54, 1.807) is 0 Å². The van der Waals surface area contributed by atoms with Crippen molar-refractivity contribution in [1.82, 2.24) is 0 Å². The lowest BCUT2D eigenvalue weighted by Crippen LogP contribution is -2.25. The van der Waals surface area contributed by atoms with Crippen LogP contribution in [0.1, 0.15) is 12.8 Å². The van der Waals surface area contributed by atoms with Crippen LogP contribution in [0.3, 0.4) is 0 Å². The zero-order valence-electron chi connectivity index (χ0n) is 9.31. The molecule has 14 heavy (non-hydrogen) atoms. The summed E-state index contributed by atoms with van der Waals surface area (Å²) in [6.07, 6.45) is 6.67. The number of esters is 1. The summed E-state index contributed by atoms with van der Waals surface area (Å²) in [6, 6.07) is 0. The number of methoxy groups -OCH3 is 1. The van der Waals surface area contributed by atoms with E-state index in [0.717, 1.165) is 12.0 Å². The first-order valence-electron chi connectivity index (χ1n) is 4.82. The van der Waals surface area contributed by atoms with Crippen molar-refractivity contribution in [2.24, 2.45) is 0 Å². The standard InChI is InChI=1S/C11H17O2Si/c1-13-11(12)8-9-6-5-7-10(9)14(2,3)4/h7H,5,8H2,1-4H3. The molecule has 1 aliphatic carbocycles. The molecule has 0 fully saturated rings. The first-order chi connectivity index (χ1) is 6.45. The maximum absolute atomic E-state index is 11.1. The van der Waals surface area contributed by atoms with E-state index in [4.69, 9.17) is 0 Å². The van der Waals surface area contributed by atoms with Gasteiger partial charge in [-0.15, -0.1) is 0 Å². The Bertz CT molecular complexity index is 295. The smallest absolute Gasteiger partial charge is 0.309 e. The van der Waals surface area contributed by atoms with Crippen molar-refractivity contribution < 1.29 is 9.53 Å². The molecule has 0 saturated heterocycles. The number of hydrogen-bond donors (Lipinski definition) is 0. The average molecular weight is 209 g/mol. The highest BCUT2D eigenvalue weighted by Crippen LogP contribution is 2.29. The van der Waals surface area contributed by atoms with E-state index in [1.807, 2.05) is 0 Å². The lowest BCUT2D eigenvalue weighted by Gasteiger charge is -2.20. The van der Waals surface area contributed by atoms with Crippen molar-refractivity contribution in [3.8, 4) is 0 Å². The highest BCUT2D eigenvalue weighted by Gasteiger charge is 2.26. The first-order valence-corrected chi connectivity index (χ1v) is 8.32. The molecular weight excluding hydrogens is 192 g/mol. The summed E-state index contributed by atoms with van der Waals surface area (Å²) in [6.45, 7) is 6.84. The molecule has 0 aliphatic heterocycles. The van der Waals surface area contributed by atoms with Crippen LogP contribution in [0.25, 0.3) is 0 Å². The van der Waals surface area contributed by atoms with Gasteiger partial charge >= 0.3 is 5.97 Å². The van der Waals surface area contributed by atoms with Gasteiger partial charge in [-0.1, -0.05) is 30.9 Å². The van der Waals surface area contributed by atoms with Gasteiger partial charge in [0.25, 0.3) is 0 Å². The Kier molecular flexibility index (Phi) is 3.32. The highest BCUT2D eigenvalue weighted by atomic mass is 28.3. The Hall–Kier alpha value is -0.833. The third-order valence-electron chi connectivity index (χ3n) is 2.30. The van der Waals surface area contributed by atoms with Crippen molar-refractivity contribution in [3.63, 3.8) is 0 Å². The molecule has 0 bridgehead atoms. The SMILES string of the molecule is COC(=O)CC1=[C]CC=C1[Si](C)(C)C. The summed E-state index contributed by atoms with van der Waals surface area (Å²) >= 11 is 0. The monoisotopic (exact) mass is 209 g/mol. The molecule has 1 aliphatic rings. The second-order valence-corrected chi connectivity index (χ2v) is 9.52. The maximum Gasteiger partial charge on any atom is 0.309 e. The Labute approximate surface area is 86.7 Å².